The van der Waals surface area contributed by atoms with Gasteiger partial charge in [0, 0.05) is 74.4 Å². The summed E-state index contributed by atoms with van der Waals surface area (Å²) in [4.78, 5) is 0. The number of hydrogen-bond donors (Lipinski definition) is 0. The SMILES string of the molecule is c1ccc(-c2ccc(-c3ccc(-c4c5ccccc5c(-c5ccc6c(c5)oc5ccccc56)c5ccccc45)c4c3oc3ccccc34)cc2)cc1.c1ccc2c(c1)oc1ccc(-c3ccc(-c4c5ccccc5c(-c5ccc6sc7ccccc7c6c5)c5ccccc45)c4c3oc3ccccc34)cc12. The minimum Gasteiger partial charge on any atom is -0.456 e. The number of hydrogen-bond acceptors (Lipinski definition) is 5. The van der Waals surface area contributed by atoms with Crippen LogP contribution in [0.25, 0.3) is 229 Å². The lowest BCUT2D eigenvalue weighted by molar-refractivity contribution is 0.668. The molecule has 0 bridgehead atoms. The summed E-state index contributed by atoms with van der Waals surface area (Å²) in [6.45, 7) is 0. The molecule has 0 aliphatic heterocycles. The highest BCUT2D eigenvalue weighted by Crippen LogP contribution is 2.53. The molecule has 0 N–H and O–H groups in total. The van der Waals surface area contributed by atoms with E-state index in [0.717, 1.165) is 121 Å². The Labute approximate surface area is 605 Å². The van der Waals surface area contributed by atoms with E-state index in [-0.39, 0.29) is 0 Å². The third-order valence-corrected chi connectivity index (χ3v) is 22.9. The van der Waals surface area contributed by atoms with Crippen LogP contribution >= 0.6 is 11.3 Å². The molecule has 0 radical (unpaired) electrons. The Kier molecular flexibility index (Phi) is 13.2. The Morgan fingerprint density at radius 2 is 0.495 bits per heavy atom. The largest absolute Gasteiger partial charge is 0.456 e. The van der Waals surface area contributed by atoms with Crippen molar-refractivity contribution in [2.24, 2.45) is 0 Å². The zero-order valence-electron chi connectivity index (χ0n) is 56.5. The first-order valence-corrected chi connectivity index (χ1v) is 36.6. The molecule has 23 rings (SSSR count). The average molecular weight is 1360 g/mol. The number of fused-ring (bicyclic) bond motifs is 19. The van der Waals surface area contributed by atoms with Crippen molar-refractivity contribution < 1.29 is 17.7 Å². The fraction of sp³-hybridized carbons (Fsp3) is 0. The Balaban J connectivity index is 0.000000132. The maximum Gasteiger partial charge on any atom is 0.143 e. The summed E-state index contributed by atoms with van der Waals surface area (Å²) in [7, 11) is 0. The van der Waals surface area contributed by atoms with Gasteiger partial charge in [0.1, 0.15) is 44.7 Å². The standard InChI is InChI=1S/C50H28O2S.C50H30O2/c1-3-15-36-34(13-1)47(30-22-26-46-41(28-30)33-12-7-10-20-45(33)53-46)35-14-2-4-16-37(35)48(36)39-24-23-31(50-49(39)38-17-6-9-19-43(38)52-50)29-21-25-44-40(27-29)32-11-5-8-18-42(32)51-44;1-2-12-31(13-3-1)32-22-24-33(25-23-32)35-28-29-43(49-42-19-9-11-21-45(42)52-50(35)49)48-40-17-6-4-15-38(40)47(39-16-5-7-18-41(39)48)34-26-27-37-36-14-8-10-20-44(36)51-46(37)30-34/h1-28H;1-30H. The molecule has 23 aromatic rings. The maximum atomic E-state index is 6.84. The fourth-order valence-electron chi connectivity index (χ4n) is 17.1. The third-order valence-electron chi connectivity index (χ3n) is 21.8. The van der Waals surface area contributed by atoms with E-state index in [4.69, 9.17) is 17.7 Å². The Bertz CT molecular complexity index is 7410. The zero-order valence-corrected chi connectivity index (χ0v) is 57.3. The van der Waals surface area contributed by atoms with Gasteiger partial charge in [-0.15, -0.1) is 11.3 Å². The van der Waals surface area contributed by atoms with Gasteiger partial charge >= 0.3 is 0 Å². The summed E-state index contributed by atoms with van der Waals surface area (Å²) >= 11 is 1.86. The molecule has 0 atom stereocenters. The smallest absolute Gasteiger partial charge is 0.143 e. The number of furan rings is 4. The molecule has 105 heavy (non-hydrogen) atoms. The van der Waals surface area contributed by atoms with Crippen LogP contribution in [0.1, 0.15) is 0 Å². The van der Waals surface area contributed by atoms with Gasteiger partial charge in [0.2, 0.25) is 0 Å². The molecule has 488 valence electrons. The highest BCUT2D eigenvalue weighted by Gasteiger charge is 2.26. The van der Waals surface area contributed by atoms with E-state index in [1.54, 1.807) is 0 Å². The Morgan fingerprint density at radius 3 is 1.04 bits per heavy atom. The highest BCUT2D eigenvalue weighted by atomic mass is 32.1. The highest BCUT2D eigenvalue weighted by molar-refractivity contribution is 7.25. The van der Waals surface area contributed by atoms with Gasteiger partial charge in [0.25, 0.3) is 0 Å². The fourth-order valence-corrected chi connectivity index (χ4v) is 18.2. The van der Waals surface area contributed by atoms with Crippen LogP contribution in [0.2, 0.25) is 0 Å². The lowest BCUT2D eigenvalue weighted by Crippen LogP contribution is -1.92. The van der Waals surface area contributed by atoms with Crippen LogP contribution in [-0.4, -0.2) is 0 Å². The number of thiophene rings is 1. The second-order valence-electron chi connectivity index (χ2n) is 27.5. The van der Waals surface area contributed by atoms with Crippen LogP contribution in [-0.2, 0) is 0 Å². The molecule has 5 heteroatoms. The first kappa shape index (κ1) is 59.1. The van der Waals surface area contributed by atoms with E-state index in [2.05, 4.69) is 328 Å². The van der Waals surface area contributed by atoms with E-state index in [1.807, 2.05) is 35.6 Å². The molecule has 0 aliphatic rings. The molecule has 18 aromatic carbocycles. The van der Waals surface area contributed by atoms with E-state index < -0.39 is 0 Å². The molecule has 5 aromatic heterocycles. The minimum atomic E-state index is 0.882. The van der Waals surface area contributed by atoms with Gasteiger partial charge in [-0.25, -0.2) is 0 Å². The average Bonchev–Trinajstić information content (AvgIpc) is 1.59. The lowest BCUT2D eigenvalue weighted by Gasteiger charge is -2.19. The van der Waals surface area contributed by atoms with Crippen LogP contribution in [0.5, 0.6) is 0 Å². The van der Waals surface area contributed by atoms with Crippen LogP contribution < -0.4 is 0 Å². The van der Waals surface area contributed by atoms with Gasteiger partial charge < -0.3 is 17.7 Å². The predicted octanol–water partition coefficient (Wildman–Crippen LogP) is 29.6. The molecule has 0 spiro atoms. The van der Waals surface area contributed by atoms with Gasteiger partial charge in [0.05, 0.1) is 0 Å². The second kappa shape index (κ2) is 23.5. The topological polar surface area (TPSA) is 52.6 Å². The second-order valence-corrected chi connectivity index (χ2v) is 28.6. The molecular formula is C100H58O4S. The van der Waals surface area contributed by atoms with E-state index in [9.17, 15) is 0 Å². The van der Waals surface area contributed by atoms with Crippen molar-refractivity contribution in [1.82, 2.24) is 0 Å². The summed E-state index contributed by atoms with van der Waals surface area (Å²) in [5.74, 6) is 0. The molecule has 0 fully saturated rings. The van der Waals surface area contributed by atoms with Crippen molar-refractivity contribution in [3.05, 3.63) is 352 Å². The van der Waals surface area contributed by atoms with Crippen molar-refractivity contribution in [3.8, 4) is 77.9 Å². The minimum absolute atomic E-state index is 0.882. The van der Waals surface area contributed by atoms with Crippen molar-refractivity contribution in [3.63, 3.8) is 0 Å². The Morgan fingerprint density at radius 1 is 0.162 bits per heavy atom. The predicted molar refractivity (Wildman–Crippen MR) is 443 cm³/mol. The summed E-state index contributed by atoms with van der Waals surface area (Å²) in [6, 6.07) is 126. The molecule has 0 aliphatic carbocycles. The van der Waals surface area contributed by atoms with Crippen LogP contribution in [0.3, 0.4) is 0 Å². The molecule has 0 saturated carbocycles. The van der Waals surface area contributed by atoms with Gasteiger partial charge in [-0.1, -0.05) is 273 Å². The van der Waals surface area contributed by atoms with Crippen molar-refractivity contribution in [2.75, 3.05) is 0 Å². The number of rotatable bonds is 7. The summed E-state index contributed by atoms with van der Waals surface area (Å²) < 4.78 is 28.8. The van der Waals surface area contributed by atoms with Crippen molar-refractivity contribution in [1.29, 1.82) is 0 Å². The third kappa shape index (κ3) is 9.25. The lowest BCUT2D eigenvalue weighted by atomic mass is 9.84. The van der Waals surface area contributed by atoms with E-state index >= 15 is 0 Å². The monoisotopic (exact) mass is 1350 g/mol. The molecule has 0 unspecified atom stereocenters. The van der Waals surface area contributed by atoms with Crippen molar-refractivity contribution >= 4 is 162 Å². The van der Waals surface area contributed by atoms with Crippen molar-refractivity contribution in [2.45, 2.75) is 0 Å². The van der Waals surface area contributed by atoms with Gasteiger partial charge in [-0.2, -0.15) is 0 Å². The Hall–Kier alpha value is -13.6. The maximum absolute atomic E-state index is 6.84. The molecule has 0 amide bonds. The summed E-state index contributed by atoms with van der Waals surface area (Å²) in [6.07, 6.45) is 0. The van der Waals surface area contributed by atoms with Crippen LogP contribution in [0.15, 0.2) is 370 Å². The molecule has 4 nitrogen and oxygen atoms in total. The quantitative estimate of drug-likeness (QED) is 0.149. The van der Waals surface area contributed by atoms with Crippen LogP contribution in [0.4, 0.5) is 0 Å². The summed E-state index contributed by atoms with van der Waals surface area (Å²) in [5, 5.41) is 21.3. The first-order valence-electron chi connectivity index (χ1n) is 35.8. The first-order chi connectivity index (χ1) is 52.1. The molecular weight excluding hydrogens is 1300 g/mol. The normalized spacial score (nSPS) is 12.0. The molecule has 0 saturated heterocycles. The number of para-hydroxylation sites is 4. The van der Waals surface area contributed by atoms with E-state index in [1.165, 1.54) is 108 Å². The van der Waals surface area contributed by atoms with E-state index in [0.29, 0.717) is 0 Å². The zero-order chi connectivity index (χ0) is 68.8. The van der Waals surface area contributed by atoms with Gasteiger partial charge in [-0.05, 0) is 189 Å². The van der Waals surface area contributed by atoms with Gasteiger partial charge in [-0.3, -0.25) is 0 Å². The summed E-state index contributed by atoms with van der Waals surface area (Å²) in [5.41, 5.74) is 23.5. The number of benzene rings is 18. The van der Waals surface area contributed by atoms with Gasteiger partial charge in [0.15, 0.2) is 0 Å². The molecule has 5 heterocycles. The van der Waals surface area contributed by atoms with Crippen LogP contribution in [0, 0.1) is 0 Å².